The van der Waals surface area contributed by atoms with Gasteiger partial charge in [-0.2, -0.15) is 5.10 Å². The van der Waals surface area contributed by atoms with Crippen LogP contribution in [0, 0.1) is 0 Å². The molecule has 1 fully saturated rings. The Labute approximate surface area is 126 Å². The van der Waals surface area contributed by atoms with Crippen molar-refractivity contribution < 1.29 is 9.59 Å². The van der Waals surface area contributed by atoms with Crippen LogP contribution in [0.3, 0.4) is 0 Å². The Morgan fingerprint density at radius 1 is 1.38 bits per heavy atom. The lowest BCUT2D eigenvalue weighted by atomic mass is 10.1. The van der Waals surface area contributed by atoms with Crippen LogP contribution in [0.5, 0.6) is 0 Å². The van der Waals surface area contributed by atoms with Gasteiger partial charge < -0.3 is 0 Å². The maximum atomic E-state index is 12.2. The van der Waals surface area contributed by atoms with Gasteiger partial charge in [-0.15, -0.1) is 0 Å². The number of nitrogens with zero attached hydrogens (tertiary/aromatic N) is 2. The molecule has 1 aromatic carbocycles. The summed E-state index contributed by atoms with van der Waals surface area (Å²) in [6, 6.07) is 9.82. The van der Waals surface area contributed by atoms with Gasteiger partial charge in [-0.1, -0.05) is 42.1 Å². The van der Waals surface area contributed by atoms with Crippen LogP contribution in [-0.2, 0) is 9.59 Å². The van der Waals surface area contributed by atoms with Crippen molar-refractivity contribution in [2.24, 2.45) is 0 Å². The van der Waals surface area contributed by atoms with Gasteiger partial charge in [0.05, 0.1) is 6.20 Å². The highest BCUT2D eigenvalue weighted by atomic mass is 32.2. The van der Waals surface area contributed by atoms with E-state index in [4.69, 9.17) is 0 Å². The van der Waals surface area contributed by atoms with Gasteiger partial charge in [0, 0.05) is 30.7 Å². The molecule has 1 N–H and O–H groups in total. The van der Waals surface area contributed by atoms with Crippen LogP contribution < -0.4 is 4.90 Å². The molecule has 0 saturated carbocycles. The van der Waals surface area contributed by atoms with Gasteiger partial charge in [0.1, 0.15) is 5.82 Å². The van der Waals surface area contributed by atoms with Gasteiger partial charge in [-0.05, 0) is 5.56 Å². The first-order valence-corrected chi connectivity index (χ1v) is 7.59. The van der Waals surface area contributed by atoms with E-state index in [0.29, 0.717) is 18.8 Å². The maximum Gasteiger partial charge on any atom is 0.229 e. The molecule has 6 heteroatoms. The van der Waals surface area contributed by atoms with E-state index >= 15 is 0 Å². The highest BCUT2D eigenvalue weighted by Gasteiger charge is 2.34. The summed E-state index contributed by atoms with van der Waals surface area (Å²) >= 11 is 1.23. The van der Waals surface area contributed by atoms with Gasteiger partial charge in [0.15, 0.2) is 5.12 Å². The molecule has 5 nitrogen and oxygen atoms in total. The molecular weight excluding hydrogens is 286 g/mol. The highest BCUT2D eigenvalue weighted by molar-refractivity contribution is 8.14. The average molecular weight is 301 g/mol. The van der Waals surface area contributed by atoms with E-state index in [0.717, 1.165) is 11.1 Å². The second kappa shape index (κ2) is 5.73. The van der Waals surface area contributed by atoms with Gasteiger partial charge >= 0.3 is 0 Å². The molecule has 0 spiro atoms. The van der Waals surface area contributed by atoms with E-state index in [1.807, 2.05) is 30.3 Å². The molecule has 2 aromatic rings. The smallest absolute Gasteiger partial charge is 0.229 e. The lowest BCUT2D eigenvalue weighted by Crippen LogP contribution is -2.25. The predicted molar refractivity (Wildman–Crippen MR) is 83.1 cm³/mol. The molecule has 3 rings (SSSR count). The van der Waals surface area contributed by atoms with Crippen LogP contribution in [0.2, 0.25) is 0 Å². The molecule has 1 aromatic heterocycles. The average Bonchev–Trinajstić information content (AvgIpc) is 3.05. The Kier molecular flexibility index (Phi) is 3.79. The van der Waals surface area contributed by atoms with E-state index in [1.54, 1.807) is 11.1 Å². The minimum absolute atomic E-state index is 0.0157. The Bertz CT molecular complexity index is 669. The van der Waals surface area contributed by atoms with Crippen molar-refractivity contribution in [1.82, 2.24) is 10.2 Å². The van der Waals surface area contributed by atoms with Crippen molar-refractivity contribution in [2.75, 3.05) is 11.4 Å². The number of hydrogen-bond acceptors (Lipinski definition) is 4. The van der Waals surface area contributed by atoms with Gasteiger partial charge in [0.2, 0.25) is 5.91 Å². The zero-order valence-electron chi connectivity index (χ0n) is 11.6. The van der Waals surface area contributed by atoms with Crippen LogP contribution in [0.15, 0.2) is 36.5 Å². The van der Waals surface area contributed by atoms with Crippen LogP contribution in [0.25, 0.3) is 11.1 Å². The lowest BCUT2D eigenvalue weighted by Gasteiger charge is -2.16. The third-order valence-electron chi connectivity index (χ3n) is 3.40. The Morgan fingerprint density at radius 2 is 2.14 bits per heavy atom. The summed E-state index contributed by atoms with van der Waals surface area (Å²) in [6.45, 7) is 2.06. The summed E-state index contributed by atoms with van der Waals surface area (Å²) in [5, 5.41) is 7.04. The van der Waals surface area contributed by atoms with Crippen molar-refractivity contribution in [2.45, 2.75) is 18.6 Å². The molecule has 1 saturated heterocycles. The quantitative estimate of drug-likeness (QED) is 0.945. The van der Waals surface area contributed by atoms with Crippen LogP contribution in [0.4, 0.5) is 5.82 Å². The Balaban J connectivity index is 1.87. The number of hydrogen-bond donors (Lipinski definition) is 1. The third-order valence-corrected chi connectivity index (χ3v) is 4.38. The van der Waals surface area contributed by atoms with E-state index in [1.165, 1.54) is 18.7 Å². The van der Waals surface area contributed by atoms with Gasteiger partial charge in [0.25, 0.3) is 0 Å². The van der Waals surface area contributed by atoms with E-state index in [9.17, 15) is 9.59 Å². The molecule has 1 amide bonds. The van der Waals surface area contributed by atoms with Crippen molar-refractivity contribution in [3.63, 3.8) is 0 Å². The first-order chi connectivity index (χ1) is 10.1. The minimum Gasteiger partial charge on any atom is -0.296 e. The molecule has 108 valence electrons. The normalized spacial score (nSPS) is 18.2. The van der Waals surface area contributed by atoms with Crippen molar-refractivity contribution in [1.29, 1.82) is 0 Å². The minimum atomic E-state index is 0.0157. The van der Waals surface area contributed by atoms with E-state index in [-0.39, 0.29) is 16.3 Å². The van der Waals surface area contributed by atoms with Crippen molar-refractivity contribution in [3.8, 4) is 11.1 Å². The number of aromatic amines is 1. The number of carbonyl (C=O) groups is 2. The number of aromatic nitrogens is 2. The van der Waals surface area contributed by atoms with Crippen molar-refractivity contribution in [3.05, 3.63) is 36.5 Å². The summed E-state index contributed by atoms with van der Waals surface area (Å²) in [5.41, 5.74) is 1.91. The second-order valence-electron chi connectivity index (χ2n) is 4.94. The summed E-state index contributed by atoms with van der Waals surface area (Å²) in [5.74, 6) is 0.730. The number of amides is 1. The molecule has 1 aliphatic rings. The standard InChI is InChI=1S/C15H15N3O2S/c1-10(19)21-12-7-14(20)18(9-12)15-13(8-16-17-15)11-5-3-2-4-6-11/h2-6,8,12H,7,9H2,1H3,(H,16,17). The Morgan fingerprint density at radius 3 is 2.86 bits per heavy atom. The molecule has 1 atom stereocenters. The molecule has 1 aliphatic heterocycles. The molecule has 1 unspecified atom stereocenters. The monoisotopic (exact) mass is 301 g/mol. The van der Waals surface area contributed by atoms with Crippen LogP contribution in [0.1, 0.15) is 13.3 Å². The number of H-pyrrole nitrogens is 1. The SMILES string of the molecule is CC(=O)SC1CC(=O)N(c2[nH]ncc2-c2ccccc2)C1. The summed E-state index contributed by atoms with van der Waals surface area (Å²) in [7, 11) is 0. The highest BCUT2D eigenvalue weighted by Crippen LogP contribution is 2.33. The molecule has 2 heterocycles. The largest absolute Gasteiger partial charge is 0.296 e. The number of carbonyl (C=O) groups excluding carboxylic acids is 2. The fraction of sp³-hybridized carbons (Fsp3) is 0.267. The number of rotatable bonds is 3. The number of thioether (sulfide) groups is 1. The fourth-order valence-corrected chi connectivity index (χ4v) is 3.44. The molecular formula is C15H15N3O2S. The molecule has 0 aliphatic carbocycles. The molecule has 21 heavy (non-hydrogen) atoms. The number of anilines is 1. The van der Waals surface area contributed by atoms with Crippen LogP contribution in [-0.4, -0.2) is 33.0 Å². The van der Waals surface area contributed by atoms with E-state index < -0.39 is 0 Å². The predicted octanol–water partition coefficient (Wildman–Crippen LogP) is 2.46. The summed E-state index contributed by atoms with van der Waals surface area (Å²) < 4.78 is 0. The molecule has 0 radical (unpaired) electrons. The lowest BCUT2D eigenvalue weighted by molar-refractivity contribution is -0.117. The second-order valence-corrected chi connectivity index (χ2v) is 6.42. The van der Waals surface area contributed by atoms with Crippen LogP contribution >= 0.6 is 11.8 Å². The first-order valence-electron chi connectivity index (χ1n) is 6.71. The topological polar surface area (TPSA) is 66.1 Å². The fourth-order valence-electron chi connectivity index (χ4n) is 2.52. The zero-order valence-corrected chi connectivity index (χ0v) is 12.4. The number of nitrogens with one attached hydrogen (secondary N) is 1. The first kappa shape index (κ1) is 13.9. The summed E-state index contributed by atoms with van der Waals surface area (Å²) in [4.78, 5) is 25.1. The van der Waals surface area contributed by atoms with Gasteiger partial charge in [-0.25, -0.2) is 0 Å². The summed E-state index contributed by atoms with van der Waals surface area (Å²) in [6.07, 6.45) is 2.11. The van der Waals surface area contributed by atoms with Crippen molar-refractivity contribution >= 4 is 28.6 Å². The third kappa shape index (κ3) is 2.85. The van der Waals surface area contributed by atoms with E-state index in [2.05, 4.69) is 10.2 Å². The Hall–Kier alpha value is -2.08. The molecule has 0 bridgehead atoms. The zero-order chi connectivity index (χ0) is 14.8. The number of benzene rings is 1. The van der Waals surface area contributed by atoms with Gasteiger partial charge in [-0.3, -0.25) is 19.6 Å². The maximum absolute atomic E-state index is 12.2.